The fourth-order valence-electron chi connectivity index (χ4n) is 3.35. The van der Waals surface area contributed by atoms with E-state index >= 15 is 0 Å². The summed E-state index contributed by atoms with van der Waals surface area (Å²) in [4.78, 5) is 28.5. The Morgan fingerprint density at radius 2 is 1.55 bits per heavy atom. The topological polar surface area (TPSA) is 73.9 Å². The monoisotopic (exact) mass is 484 g/mol. The molecular formula is C22H24ClF3N4O3. The number of carbonyl (C=O) groups excluding carboxylic acids is 2. The van der Waals surface area contributed by atoms with Crippen molar-refractivity contribution in [1.82, 2.24) is 9.80 Å². The van der Waals surface area contributed by atoms with Gasteiger partial charge in [0.15, 0.2) is 0 Å². The molecule has 1 aliphatic heterocycles. The molecule has 1 aliphatic rings. The smallest absolute Gasteiger partial charge is 0.406 e. The van der Waals surface area contributed by atoms with Gasteiger partial charge >= 0.3 is 6.36 Å². The van der Waals surface area contributed by atoms with Crippen LogP contribution in [-0.2, 0) is 9.59 Å². The van der Waals surface area contributed by atoms with Gasteiger partial charge in [0.25, 0.3) is 0 Å². The third-order valence-corrected chi connectivity index (χ3v) is 5.34. The van der Waals surface area contributed by atoms with Crippen LogP contribution in [0, 0.1) is 0 Å². The fraction of sp³-hybridized carbons (Fsp3) is 0.364. The Kier molecular flexibility index (Phi) is 8.54. The average Bonchev–Trinajstić information content (AvgIpc) is 2.75. The number of nitrogens with one attached hydrogen (secondary N) is 2. The SMILES string of the molecule is O=C(CN1CCN(CCC(=O)Nc2ccccc2Cl)CC1)Nc1ccc(OC(F)(F)F)cc1. The van der Waals surface area contributed by atoms with Gasteiger partial charge in [-0.15, -0.1) is 13.2 Å². The standard InChI is InChI=1S/C22H24ClF3N4O3/c23-18-3-1-2-4-19(18)28-20(31)9-10-29-11-13-30(14-12-29)15-21(32)27-16-5-7-17(8-6-16)33-22(24,25)26/h1-8H,9-15H2,(H,27,32)(H,28,31). The highest BCUT2D eigenvalue weighted by Crippen LogP contribution is 2.24. The van der Waals surface area contributed by atoms with Gasteiger partial charge in [0.1, 0.15) is 5.75 Å². The molecule has 0 bridgehead atoms. The van der Waals surface area contributed by atoms with E-state index in [-0.39, 0.29) is 24.1 Å². The molecule has 3 rings (SSSR count). The number of nitrogens with zero attached hydrogens (tertiary/aromatic N) is 2. The third kappa shape index (κ3) is 8.56. The van der Waals surface area contributed by atoms with Crippen molar-refractivity contribution in [3.8, 4) is 5.75 Å². The summed E-state index contributed by atoms with van der Waals surface area (Å²) in [6, 6.07) is 12.0. The van der Waals surface area contributed by atoms with Crippen molar-refractivity contribution in [3.05, 3.63) is 53.6 Å². The number of benzene rings is 2. The number of anilines is 2. The van der Waals surface area contributed by atoms with Gasteiger partial charge in [0.05, 0.1) is 17.3 Å². The van der Waals surface area contributed by atoms with Crippen LogP contribution in [0.2, 0.25) is 5.02 Å². The Morgan fingerprint density at radius 3 is 2.18 bits per heavy atom. The van der Waals surface area contributed by atoms with E-state index in [4.69, 9.17) is 11.6 Å². The quantitative estimate of drug-likeness (QED) is 0.596. The lowest BCUT2D eigenvalue weighted by atomic mass is 10.2. The van der Waals surface area contributed by atoms with E-state index in [9.17, 15) is 22.8 Å². The zero-order chi connectivity index (χ0) is 23.8. The van der Waals surface area contributed by atoms with Gasteiger partial charge in [0, 0.05) is 44.8 Å². The predicted molar refractivity (Wildman–Crippen MR) is 119 cm³/mol. The van der Waals surface area contributed by atoms with E-state index in [0.29, 0.717) is 42.5 Å². The molecule has 0 saturated carbocycles. The number of amides is 2. The molecule has 0 aliphatic carbocycles. The maximum atomic E-state index is 12.3. The fourth-order valence-corrected chi connectivity index (χ4v) is 3.53. The lowest BCUT2D eigenvalue weighted by Crippen LogP contribution is -2.49. The molecule has 1 heterocycles. The molecule has 0 atom stereocenters. The highest BCUT2D eigenvalue weighted by molar-refractivity contribution is 6.33. The number of halogens is 4. The molecule has 2 amide bonds. The molecule has 0 spiro atoms. The second-order valence-corrected chi connectivity index (χ2v) is 7.92. The summed E-state index contributed by atoms with van der Waals surface area (Å²) in [5.41, 5.74) is 0.972. The molecule has 1 fully saturated rings. The van der Waals surface area contributed by atoms with Gasteiger partial charge in [0.2, 0.25) is 11.8 Å². The molecular weight excluding hydrogens is 461 g/mol. The van der Waals surface area contributed by atoms with Crippen molar-refractivity contribution >= 4 is 34.8 Å². The Labute approximate surface area is 194 Å². The molecule has 178 valence electrons. The first-order chi connectivity index (χ1) is 15.7. The van der Waals surface area contributed by atoms with Gasteiger partial charge in [-0.05, 0) is 36.4 Å². The first-order valence-electron chi connectivity index (χ1n) is 10.3. The molecule has 2 N–H and O–H groups in total. The van der Waals surface area contributed by atoms with Crippen LogP contribution >= 0.6 is 11.6 Å². The van der Waals surface area contributed by atoms with Crippen LogP contribution in [0.5, 0.6) is 5.75 Å². The maximum absolute atomic E-state index is 12.3. The highest BCUT2D eigenvalue weighted by Gasteiger charge is 2.31. The Morgan fingerprint density at radius 1 is 0.909 bits per heavy atom. The van der Waals surface area contributed by atoms with E-state index in [2.05, 4.69) is 20.3 Å². The number of rotatable bonds is 8. The van der Waals surface area contributed by atoms with Crippen molar-refractivity contribution in [2.75, 3.05) is 49.9 Å². The van der Waals surface area contributed by atoms with Crippen LogP contribution in [0.3, 0.4) is 0 Å². The van der Waals surface area contributed by atoms with Crippen LogP contribution in [0.1, 0.15) is 6.42 Å². The summed E-state index contributed by atoms with van der Waals surface area (Å²) < 4.78 is 40.4. The van der Waals surface area contributed by atoms with E-state index in [1.54, 1.807) is 24.3 Å². The second kappa shape index (κ2) is 11.4. The zero-order valence-electron chi connectivity index (χ0n) is 17.7. The molecule has 33 heavy (non-hydrogen) atoms. The van der Waals surface area contributed by atoms with Gasteiger partial charge in [-0.3, -0.25) is 14.5 Å². The van der Waals surface area contributed by atoms with Crippen LogP contribution in [0.4, 0.5) is 24.5 Å². The summed E-state index contributed by atoms with van der Waals surface area (Å²) in [6.07, 6.45) is -4.42. The minimum atomic E-state index is -4.76. The van der Waals surface area contributed by atoms with Crippen molar-refractivity contribution in [1.29, 1.82) is 0 Å². The molecule has 7 nitrogen and oxygen atoms in total. The highest BCUT2D eigenvalue weighted by atomic mass is 35.5. The number of ether oxygens (including phenoxy) is 1. The molecule has 2 aromatic rings. The Hall–Kier alpha value is -2.82. The molecule has 1 saturated heterocycles. The molecule has 0 radical (unpaired) electrons. The third-order valence-electron chi connectivity index (χ3n) is 5.01. The minimum Gasteiger partial charge on any atom is -0.406 e. The Balaban J connectivity index is 1.34. The number of hydrogen-bond donors (Lipinski definition) is 2. The van der Waals surface area contributed by atoms with Crippen molar-refractivity contribution in [2.24, 2.45) is 0 Å². The van der Waals surface area contributed by atoms with Crippen molar-refractivity contribution < 1.29 is 27.5 Å². The summed E-state index contributed by atoms with van der Waals surface area (Å²) in [5.74, 6) is -0.721. The molecule has 11 heteroatoms. The van der Waals surface area contributed by atoms with Crippen LogP contribution in [0.15, 0.2) is 48.5 Å². The van der Waals surface area contributed by atoms with E-state index in [0.717, 1.165) is 25.2 Å². The van der Waals surface area contributed by atoms with Crippen LogP contribution in [0.25, 0.3) is 0 Å². The first kappa shape index (κ1) is 24.8. The Bertz CT molecular complexity index is 949. The minimum absolute atomic E-state index is 0.114. The number of carbonyl (C=O) groups is 2. The maximum Gasteiger partial charge on any atom is 0.573 e. The predicted octanol–water partition coefficient (Wildman–Crippen LogP) is 3.82. The van der Waals surface area contributed by atoms with Gasteiger partial charge < -0.3 is 20.3 Å². The molecule has 0 aromatic heterocycles. The average molecular weight is 485 g/mol. The lowest BCUT2D eigenvalue weighted by Gasteiger charge is -2.34. The van der Waals surface area contributed by atoms with Gasteiger partial charge in [-0.2, -0.15) is 0 Å². The van der Waals surface area contributed by atoms with Crippen LogP contribution in [-0.4, -0.2) is 67.2 Å². The number of hydrogen-bond acceptors (Lipinski definition) is 5. The van der Waals surface area contributed by atoms with Crippen LogP contribution < -0.4 is 15.4 Å². The van der Waals surface area contributed by atoms with E-state index in [1.807, 2.05) is 4.90 Å². The van der Waals surface area contributed by atoms with Crippen molar-refractivity contribution in [2.45, 2.75) is 12.8 Å². The van der Waals surface area contributed by atoms with E-state index in [1.165, 1.54) is 12.1 Å². The first-order valence-corrected chi connectivity index (χ1v) is 10.7. The number of alkyl halides is 3. The lowest BCUT2D eigenvalue weighted by molar-refractivity contribution is -0.274. The van der Waals surface area contributed by atoms with E-state index < -0.39 is 6.36 Å². The second-order valence-electron chi connectivity index (χ2n) is 7.52. The molecule has 0 unspecified atom stereocenters. The largest absolute Gasteiger partial charge is 0.573 e. The number of para-hydroxylation sites is 1. The summed E-state index contributed by atoms with van der Waals surface area (Å²) in [7, 11) is 0. The summed E-state index contributed by atoms with van der Waals surface area (Å²) in [6.45, 7) is 3.53. The zero-order valence-corrected chi connectivity index (χ0v) is 18.5. The molecule has 2 aromatic carbocycles. The summed E-state index contributed by atoms with van der Waals surface area (Å²) >= 11 is 6.05. The van der Waals surface area contributed by atoms with Gasteiger partial charge in [-0.1, -0.05) is 23.7 Å². The van der Waals surface area contributed by atoms with Crippen molar-refractivity contribution in [3.63, 3.8) is 0 Å². The number of piperazine rings is 1. The summed E-state index contributed by atoms with van der Waals surface area (Å²) in [5, 5.41) is 5.95. The normalized spacial score (nSPS) is 15.2. The van der Waals surface area contributed by atoms with Gasteiger partial charge in [-0.25, -0.2) is 0 Å².